The van der Waals surface area contributed by atoms with Crippen LogP contribution in [0.15, 0.2) is 6.07 Å². The molecule has 3 heterocycles. The average molecular weight is 289 g/mol. The standard InChI is InChI=1S/C14H12FN3O3/c15-14(8-19)1-3-18(4-2-14)12-9(6-16)5-10-11(17-12)7-21-13(10)20/h5,8H,1-4,7H2. The number of fused-ring (bicyclic) bond motifs is 1. The molecular formula is C14H12FN3O3. The molecule has 108 valence electrons. The first-order valence-electron chi connectivity index (χ1n) is 6.58. The predicted octanol–water partition coefficient (Wildman–Crippen LogP) is 1.13. The SMILES string of the molecule is N#Cc1cc2c(nc1N1CCC(F)(C=O)CC1)COC2=O. The highest BCUT2D eigenvalue weighted by Gasteiger charge is 2.36. The van der Waals surface area contributed by atoms with Crippen LogP contribution >= 0.6 is 0 Å². The summed E-state index contributed by atoms with van der Waals surface area (Å²) in [6.07, 6.45) is 0.475. The van der Waals surface area contributed by atoms with E-state index < -0.39 is 11.6 Å². The zero-order valence-corrected chi connectivity index (χ0v) is 11.1. The summed E-state index contributed by atoms with van der Waals surface area (Å²) < 4.78 is 18.8. The van der Waals surface area contributed by atoms with Crippen molar-refractivity contribution in [2.24, 2.45) is 0 Å². The molecule has 2 aliphatic rings. The van der Waals surface area contributed by atoms with Crippen LogP contribution in [0.5, 0.6) is 0 Å². The third-order valence-corrected chi connectivity index (χ3v) is 3.87. The molecule has 1 aromatic rings. The van der Waals surface area contributed by atoms with Gasteiger partial charge >= 0.3 is 5.97 Å². The maximum atomic E-state index is 13.9. The number of aromatic nitrogens is 1. The van der Waals surface area contributed by atoms with E-state index >= 15 is 0 Å². The number of alkyl halides is 1. The summed E-state index contributed by atoms with van der Waals surface area (Å²) in [4.78, 5) is 28.3. The number of anilines is 1. The van der Waals surface area contributed by atoms with Gasteiger partial charge in [-0.2, -0.15) is 5.26 Å². The lowest BCUT2D eigenvalue weighted by molar-refractivity contribution is -0.119. The summed E-state index contributed by atoms with van der Waals surface area (Å²) in [6, 6.07) is 3.46. The lowest BCUT2D eigenvalue weighted by Crippen LogP contribution is -2.43. The van der Waals surface area contributed by atoms with Crippen molar-refractivity contribution in [1.82, 2.24) is 4.98 Å². The number of halogens is 1. The van der Waals surface area contributed by atoms with Crippen LogP contribution in [0.2, 0.25) is 0 Å². The number of aldehydes is 1. The smallest absolute Gasteiger partial charge is 0.340 e. The molecule has 1 aromatic heterocycles. The van der Waals surface area contributed by atoms with E-state index in [1.54, 1.807) is 4.90 Å². The molecule has 0 atom stereocenters. The molecule has 0 aromatic carbocycles. The zero-order valence-electron chi connectivity index (χ0n) is 11.1. The van der Waals surface area contributed by atoms with Crippen molar-refractivity contribution in [2.45, 2.75) is 25.1 Å². The van der Waals surface area contributed by atoms with E-state index in [4.69, 9.17) is 4.74 Å². The number of piperidine rings is 1. The third kappa shape index (κ3) is 2.23. The molecule has 0 N–H and O–H groups in total. The summed E-state index contributed by atoms with van der Waals surface area (Å²) in [5.41, 5.74) is -0.745. The Bertz CT molecular complexity index is 660. The number of nitrogens with zero attached hydrogens (tertiary/aromatic N) is 3. The summed E-state index contributed by atoms with van der Waals surface area (Å²) >= 11 is 0. The molecule has 0 amide bonds. The first kappa shape index (κ1) is 13.5. The number of cyclic esters (lactones) is 1. The minimum Gasteiger partial charge on any atom is -0.455 e. The Balaban J connectivity index is 1.92. The van der Waals surface area contributed by atoms with Gasteiger partial charge in [-0.25, -0.2) is 14.2 Å². The molecule has 0 radical (unpaired) electrons. The normalized spacial score (nSPS) is 19.6. The number of hydrogen-bond donors (Lipinski definition) is 0. The molecule has 7 heteroatoms. The number of pyridine rings is 1. The second-order valence-electron chi connectivity index (χ2n) is 5.18. The van der Waals surface area contributed by atoms with Gasteiger partial charge < -0.3 is 9.64 Å². The summed E-state index contributed by atoms with van der Waals surface area (Å²) in [5, 5.41) is 9.22. The topological polar surface area (TPSA) is 83.3 Å². The van der Waals surface area contributed by atoms with Crippen molar-refractivity contribution in [3.8, 4) is 6.07 Å². The number of esters is 1. The van der Waals surface area contributed by atoms with E-state index in [0.29, 0.717) is 36.5 Å². The molecule has 1 saturated heterocycles. The maximum Gasteiger partial charge on any atom is 0.340 e. The molecule has 2 aliphatic heterocycles. The molecular weight excluding hydrogens is 277 g/mol. The lowest BCUT2D eigenvalue weighted by atomic mass is 9.95. The Labute approximate surface area is 120 Å². The predicted molar refractivity (Wildman–Crippen MR) is 69.4 cm³/mol. The summed E-state index contributed by atoms with van der Waals surface area (Å²) in [7, 11) is 0. The van der Waals surface area contributed by atoms with Crippen LogP contribution in [0.25, 0.3) is 0 Å². The van der Waals surface area contributed by atoms with Crippen LogP contribution in [0.4, 0.5) is 10.2 Å². The fraction of sp³-hybridized carbons (Fsp3) is 0.429. The van der Waals surface area contributed by atoms with Crippen molar-refractivity contribution in [2.75, 3.05) is 18.0 Å². The molecule has 21 heavy (non-hydrogen) atoms. The molecule has 3 rings (SSSR count). The van der Waals surface area contributed by atoms with Crippen molar-refractivity contribution >= 4 is 18.1 Å². The molecule has 0 aliphatic carbocycles. The van der Waals surface area contributed by atoms with E-state index in [1.165, 1.54) is 6.07 Å². The van der Waals surface area contributed by atoms with E-state index in [9.17, 15) is 19.2 Å². The number of carbonyl (C=O) groups excluding carboxylic acids is 2. The highest BCUT2D eigenvalue weighted by molar-refractivity contribution is 5.93. The highest BCUT2D eigenvalue weighted by Crippen LogP contribution is 2.31. The fourth-order valence-corrected chi connectivity index (χ4v) is 2.57. The Morgan fingerprint density at radius 3 is 2.81 bits per heavy atom. The highest BCUT2D eigenvalue weighted by atomic mass is 19.1. The Kier molecular flexibility index (Phi) is 3.09. The van der Waals surface area contributed by atoms with E-state index in [0.717, 1.165) is 0 Å². The van der Waals surface area contributed by atoms with E-state index in [1.807, 2.05) is 6.07 Å². The zero-order chi connectivity index (χ0) is 15.0. The van der Waals surface area contributed by atoms with Crippen molar-refractivity contribution in [3.05, 3.63) is 22.9 Å². The molecule has 6 nitrogen and oxygen atoms in total. The fourth-order valence-electron chi connectivity index (χ4n) is 2.57. The summed E-state index contributed by atoms with van der Waals surface area (Å²) in [5.74, 6) is -0.0644. The van der Waals surface area contributed by atoms with Crippen molar-refractivity contribution < 1.29 is 18.7 Å². The van der Waals surface area contributed by atoms with Crippen molar-refractivity contribution in [1.29, 1.82) is 5.26 Å². The van der Waals surface area contributed by atoms with Crippen LogP contribution in [-0.4, -0.2) is 36.0 Å². The number of nitriles is 1. The number of rotatable bonds is 2. The number of hydrogen-bond acceptors (Lipinski definition) is 6. The second kappa shape index (κ2) is 4.81. The molecule has 0 bridgehead atoms. The second-order valence-corrected chi connectivity index (χ2v) is 5.18. The van der Waals surface area contributed by atoms with Gasteiger partial charge in [0.15, 0.2) is 12.0 Å². The van der Waals surface area contributed by atoms with Gasteiger partial charge in [-0.1, -0.05) is 0 Å². The third-order valence-electron chi connectivity index (χ3n) is 3.87. The Hall–Kier alpha value is -2.49. The average Bonchev–Trinajstić information content (AvgIpc) is 2.87. The Morgan fingerprint density at radius 2 is 2.19 bits per heavy atom. The molecule has 0 unspecified atom stereocenters. The largest absolute Gasteiger partial charge is 0.455 e. The number of ether oxygens (including phenoxy) is 1. The van der Waals surface area contributed by atoms with Crippen molar-refractivity contribution in [3.63, 3.8) is 0 Å². The monoisotopic (exact) mass is 289 g/mol. The first-order chi connectivity index (χ1) is 10.1. The van der Waals surface area contributed by atoms with Crippen LogP contribution in [0.1, 0.15) is 34.5 Å². The van der Waals surface area contributed by atoms with Gasteiger partial charge in [-0.05, 0) is 6.07 Å². The minimum absolute atomic E-state index is 0.0650. The lowest BCUT2D eigenvalue weighted by Gasteiger charge is -2.34. The quantitative estimate of drug-likeness (QED) is 0.599. The minimum atomic E-state index is -1.79. The van der Waals surface area contributed by atoms with Gasteiger partial charge in [-0.15, -0.1) is 0 Å². The first-order valence-corrected chi connectivity index (χ1v) is 6.58. The molecule has 0 saturated carbocycles. The van der Waals surface area contributed by atoms with Gasteiger partial charge in [0.1, 0.15) is 18.5 Å². The van der Waals surface area contributed by atoms with E-state index in [2.05, 4.69) is 4.98 Å². The van der Waals surface area contributed by atoms with Gasteiger partial charge in [0.2, 0.25) is 0 Å². The maximum absolute atomic E-state index is 13.9. The van der Waals surface area contributed by atoms with Crippen LogP contribution in [0.3, 0.4) is 0 Å². The van der Waals surface area contributed by atoms with Gasteiger partial charge in [0, 0.05) is 25.9 Å². The van der Waals surface area contributed by atoms with Crippen LogP contribution < -0.4 is 4.90 Å². The molecule has 0 spiro atoms. The van der Waals surface area contributed by atoms with E-state index in [-0.39, 0.29) is 25.0 Å². The number of carbonyl (C=O) groups is 2. The molecule has 1 fully saturated rings. The van der Waals surface area contributed by atoms with Crippen LogP contribution in [-0.2, 0) is 16.1 Å². The Morgan fingerprint density at radius 1 is 1.48 bits per heavy atom. The van der Waals surface area contributed by atoms with Crippen LogP contribution in [0, 0.1) is 11.3 Å². The van der Waals surface area contributed by atoms with Gasteiger partial charge in [0.25, 0.3) is 0 Å². The van der Waals surface area contributed by atoms with Gasteiger partial charge in [-0.3, -0.25) is 4.79 Å². The summed E-state index contributed by atoms with van der Waals surface area (Å²) in [6.45, 7) is 0.678. The van der Waals surface area contributed by atoms with Gasteiger partial charge in [0.05, 0.1) is 16.8 Å².